The summed E-state index contributed by atoms with van der Waals surface area (Å²) < 4.78 is 0. The third kappa shape index (κ3) is 6.57. The van der Waals surface area contributed by atoms with Crippen LogP contribution in [-0.4, -0.2) is 11.6 Å². The van der Waals surface area contributed by atoms with Gasteiger partial charge in [0, 0.05) is 6.42 Å². The van der Waals surface area contributed by atoms with E-state index in [0.717, 1.165) is 32.1 Å². The van der Waals surface area contributed by atoms with Gasteiger partial charge in [-0.05, 0) is 24.8 Å². The second-order valence-corrected chi connectivity index (χ2v) is 4.45. The molecule has 0 spiro atoms. The summed E-state index contributed by atoms with van der Waals surface area (Å²) in [5.41, 5.74) is 8.79. The maximum absolute atomic E-state index is 11.4. The van der Waals surface area contributed by atoms with Crippen molar-refractivity contribution < 1.29 is 4.79 Å². The second-order valence-electron chi connectivity index (χ2n) is 4.45. The van der Waals surface area contributed by atoms with Crippen LogP contribution in [-0.2, 0) is 11.2 Å². The van der Waals surface area contributed by atoms with Gasteiger partial charge in [-0.3, -0.25) is 4.79 Å². The first-order valence-electron chi connectivity index (χ1n) is 6.60. The summed E-state index contributed by atoms with van der Waals surface area (Å²) in [7, 11) is 0. The fourth-order valence-corrected chi connectivity index (χ4v) is 1.87. The van der Waals surface area contributed by atoms with Gasteiger partial charge >= 0.3 is 0 Å². The number of aryl methyl sites for hydroxylation is 1. The van der Waals surface area contributed by atoms with E-state index in [1.54, 1.807) is 0 Å². The number of carbonyl (C=O) groups is 1. The van der Waals surface area contributed by atoms with Crippen molar-refractivity contribution in [2.24, 2.45) is 16.7 Å². The lowest BCUT2D eigenvalue weighted by molar-refractivity contribution is -0.113. The van der Waals surface area contributed by atoms with E-state index in [1.165, 1.54) is 5.56 Å². The van der Waals surface area contributed by atoms with Gasteiger partial charge in [-0.1, -0.05) is 43.2 Å². The number of ketones is 1. The van der Waals surface area contributed by atoms with Crippen LogP contribution < -0.4 is 17.1 Å². The van der Waals surface area contributed by atoms with E-state index < -0.39 is 0 Å². The summed E-state index contributed by atoms with van der Waals surface area (Å²) in [6.45, 7) is 0. The van der Waals surface area contributed by atoms with Crippen LogP contribution in [0.15, 0.2) is 35.4 Å². The molecule has 1 aromatic carbocycles. The number of rotatable bonds is 9. The molecule has 0 bridgehead atoms. The Balaban J connectivity index is 2.06. The Kier molecular flexibility index (Phi) is 7.27. The molecule has 1 aromatic rings. The van der Waals surface area contributed by atoms with Crippen molar-refractivity contribution in [2.75, 3.05) is 0 Å². The van der Waals surface area contributed by atoms with Crippen LogP contribution in [0.1, 0.15) is 37.7 Å². The van der Waals surface area contributed by atoms with Crippen LogP contribution in [0.2, 0.25) is 0 Å². The average molecular weight is 262 g/mol. The molecule has 0 amide bonds. The highest BCUT2D eigenvalue weighted by atomic mass is 16.1. The molecule has 0 aliphatic heterocycles. The van der Waals surface area contributed by atoms with E-state index in [0.29, 0.717) is 6.42 Å². The number of carbonyl (C=O) groups excluding carboxylic acids is 1. The highest BCUT2D eigenvalue weighted by molar-refractivity contribution is 6.38. The molecular formula is C14H22N4O. The van der Waals surface area contributed by atoms with Crippen LogP contribution in [0, 0.1) is 0 Å². The van der Waals surface area contributed by atoms with Gasteiger partial charge in [0.25, 0.3) is 0 Å². The van der Waals surface area contributed by atoms with E-state index in [4.69, 9.17) is 11.6 Å². The first-order chi connectivity index (χ1) is 9.24. The van der Waals surface area contributed by atoms with Gasteiger partial charge in [-0.25, -0.2) is 11.4 Å². The number of hydrogen-bond donors (Lipinski definition) is 3. The maximum Gasteiger partial charge on any atom is 0.199 e. The lowest BCUT2D eigenvalue weighted by Crippen LogP contribution is -2.28. The lowest BCUT2D eigenvalue weighted by Gasteiger charge is -2.02. The van der Waals surface area contributed by atoms with Gasteiger partial charge in [-0.15, -0.1) is 5.10 Å². The fraction of sp³-hybridized carbons (Fsp3) is 0.429. The first-order valence-corrected chi connectivity index (χ1v) is 6.60. The monoisotopic (exact) mass is 262 g/mol. The Morgan fingerprint density at radius 2 is 1.79 bits per heavy atom. The van der Waals surface area contributed by atoms with E-state index in [1.807, 2.05) is 11.6 Å². The highest BCUT2D eigenvalue weighted by Crippen LogP contribution is 2.08. The van der Waals surface area contributed by atoms with Gasteiger partial charge in [0.05, 0.1) is 0 Å². The number of hydrazine groups is 1. The largest absolute Gasteiger partial charge is 0.379 e. The molecule has 5 nitrogen and oxygen atoms in total. The molecule has 0 aliphatic rings. The van der Waals surface area contributed by atoms with Crippen molar-refractivity contribution in [3.05, 3.63) is 35.9 Å². The van der Waals surface area contributed by atoms with Crippen molar-refractivity contribution in [1.82, 2.24) is 5.53 Å². The number of nitrogens with one attached hydrogen (secondary N) is 1. The molecule has 0 heterocycles. The van der Waals surface area contributed by atoms with Crippen LogP contribution >= 0.6 is 0 Å². The quantitative estimate of drug-likeness (QED) is 0.207. The zero-order valence-corrected chi connectivity index (χ0v) is 11.1. The molecule has 0 atom stereocenters. The van der Waals surface area contributed by atoms with Gasteiger partial charge in [0.15, 0.2) is 11.6 Å². The number of benzene rings is 1. The molecule has 104 valence electrons. The Hall–Kier alpha value is -1.88. The molecule has 0 saturated carbocycles. The zero-order chi connectivity index (χ0) is 13.9. The Labute approximate surface area is 114 Å². The Morgan fingerprint density at radius 1 is 1.11 bits per heavy atom. The van der Waals surface area contributed by atoms with Crippen LogP contribution in [0.4, 0.5) is 0 Å². The number of Topliss-reactive ketones (excluding diaryl/α,β-unsaturated/α-hetero) is 1. The van der Waals surface area contributed by atoms with Gasteiger partial charge in [-0.2, -0.15) is 0 Å². The van der Waals surface area contributed by atoms with Crippen molar-refractivity contribution >= 4 is 11.6 Å². The van der Waals surface area contributed by atoms with Gasteiger partial charge in [0.1, 0.15) is 0 Å². The Bertz CT molecular complexity index is 403. The van der Waals surface area contributed by atoms with E-state index >= 15 is 0 Å². The highest BCUT2D eigenvalue weighted by Gasteiger charge is 2.06. The lowest BCUT2D eigenvalue weighted by atomic mass is 10.0. The maximum atomic E-state index is 11.4. The third-order valence-electron chi connectivity index (χ3n) is 2.93. The molecule has 0 unspecified atom stereocenters. The summed E-state index contributed by atoms with van der Waals surface area (Å²) in [6, 6.07) is 10.4. The smallest absolute Gasteiger partial charge is 0.199 e. The molecule has 0 aliphatic carbocycles. The van der Waals surface area contributed by atoms with Crippen LogP contribution in [0.25, 0.3) is 0 Å². The fourth-order valence-electron chi connectivity index (χ4n) is 1.87. The molecule has 0 fully saturated rings. The molecular weight excluding hydrogens is 240 g/mol. The summed E-state index contributed by atoms with van der Waals surface area (Å²) in [6.07, 6.45) is 5.66. The number of nitrogens with zero attached hydrogens (tertiary/aromatic N) is 1. The summed E-state index contributed by atoms with van der Waals surface area (Å²) in [4.78, 5) is 11.4. The minimum absolute atomic E-state index is 0.0493. The predicted octanol–water partition coefficient (Wildman–Crippen LogP) is 1.48. The minimum atomic E-state index is -0.152. The van der Waals surface area contributed by atoms with Gasteiger partial charge < -0.3 is 5.73 Å². The molecule has 0 saturated heterocycles. The normalized spacial score (nSPS) is 11.3. The first kappa shape index (κ1) is 15.2. The number of nitrogens with two attached hydrogens (primary N) is 2. The minimum Gasteiger partial charge on any atom is -0.379 e. The molecule has 0 aromatic heterocycles. The van der Waals surface area contributed by atoms with Gasteiger partial charge in [0.2, 0.25) is 0 Å². The Morgan fingerprint density at radius 3 is 2.47 bits per heavy atom. The summed E-state index contributed by atoms with van der Waals surface area (Å²) in [5, 5.41) is 3.45. The summed E-state index contributed by atoms with van der Waals surface area (Å²) >= 11 is 0. The number of hydrogen-bond acceptors (Lipinski definition) is 4. The molecule has 19 heavy (non-hydrogen) atoms. The molecule has 5 N–H and O–H groups in total. The number of hydrazone groups is 1. The predicted molar refractivity (Wildman–Crippen MR) is 77.2 cm³/mol. The van der Waals surface area contributed by atoms with E-state index in [-0.39, 0.29) is 11.6 Å². The number of unbranched alkanes of at least 4 members (excludes halogenated alkanes) is 3. The average Bonchev–Trinajstić information content (AvgIpc) is 2.43. The SMILES string of the molecule is NN/N=C(\N)C(=O)CCCCCCc1ccccc1. The summed E-state index contributed by atoms with van der Waals surface area (Å²) in [5.74, 6) is 4.75. The van der Waals surface area contributed by atoms with Crippen LogP contribution in [0.5, 0.6) is 0 Å². The molecule has 5 heteroatoms. The zero-order valence-electron chi connectivity index (χ0n) is 11.1. The molecule has 1 rings (SSSR count). The van der Waals surface area contributed by atoms with Crippen molar-refractivity contribution in [3.63, 3.8) is 0 Å². The van der Waals surface area contributed by atoms with Crippen LogP contribution in [0.3, 0.4) is 0 Å². The van der Waals surface area contributed by atoms with E-state index in [2.05, 4.69) is 29.4 Å². The van der Waals surface area contributed by atoms with Crippen molar-refractivity contribution in [2.45, 2.75) is 38.5 Å². The van der Waals surface area contributed by atoms with E-state index in [9.17, 15) is 4.79 Å². The molecule has 0 radical (unpaired) electrons. The standard InChI is InChI=1S/C14H22N4O/c15-14(17-18-16)13(19)11-7-2-1-4-8-12-9-5-3-6-10-12/h3,5-6,9-10,18H,1-2,4,7-8,11,16H2,(H2,15,17). The third-order valence-corrected chi connectivity index (χ3v) is 2.93. The number of amidine groups is 1. The van der Waals surface area contributed by atoms with Crippen molar-refractivity contribution in [3.8, 4) is 0 Å². The second kappa shape index (κ2) is 9.10. The van der Waals surface area contributed by atoms with Crippen molar-refractivity contribution in [1.29, 1.82) is 0 Å². The topological polar surface area (TPSA) is 93.5 Å².